The summed E-state index contributed by atoms with van der Waals surface area (Å²) < 4.78 is 0. The maximum Gasteiger partial charge on any atom is 0.335 e. The zero-order valence-corrected chi connectivity index (χ0v) is 25.8. The van der Waals surface area contributed by atoms with Crippen LogP contribution in [0.5, 0.6) is 11.5 Å². The molecule has 1 unspecified atom stereocenters. The number of nitrogens with one attached hydrogen (secondary N) is 1. The first-order chi connectivity index (χ1) is 22.9. The molecule has 3 fully saturated rings. The van der Waals surface area contributed by atoms with Gasteiger partial charge in [-0.3, -0.25) is 4.98 Å². The average molecular weight is 625 g/mol. The average Bonchev–Trinajstić information content (AvgIpc) is 3.11. The number of rotatable bonds is 5. The van der Waals surface area contributed by atoms with Crippen LogP contribution < -0.4 is 10.0 Å². The maximum atomic E-state index is 12.9. The number of piperidine rings is 3. The molecule has 5 atom stereocenters. The number of aromatic nitrogens is 1. The van der Waals surface area contributed by atoms with Crippen molar-refractivity contribution < 1.29 is 30.1 Å². The Balaban J connectivity index is 0.000000151. The van der Waals surface area contributed by atoms with E-state index < -0.39 is 17.8 Å². The van der Waals surface area contributed by atoms with Crippen molar-refractivity contribution in [1.82, 2.24) is 4.98 Å². The van der Waals surface area contributed by atoms with Crippen LogP contribution in [0.1, 0.15) is 34.9 Å². The number of carboxylic acid groups (broad SMARTS) is 1. The van der Waals surface area contributed by atoms with E-state index in [9.17, 15) is 25.2 Å². The molecule has 1 aromatic heterocycles. The van der Waals surface area contributed by atoms with Crippen molar-refractivity contribution in [3.05, 3.63) is 127 Å². The van der Waals surface area contributed by atoms with Gasteiger partial charge in [0.15, 0.2) is 0 Å². The summed E-state index contributed by atoms with van der Waals surface area (Å²) in [6.45, 7) is 6.29. The molecule has 3 aliphatic heterocycles. The third kappa shape index (κ3) is 5.47. The summed E-state index contributed by atoms with van der Waals surface area (Å²) >= 11 is 0. The van der Waals surface area contributed by atoms with E-state index in [1.807, 2.05) is 54.7 Å². The molecule has 0 aliphatic carbocycles. The first-order valence-corrected chi connectivity index (χ1v) is 16.0. The molecule has 0 amide bonds. The lowest BCUT2D eigenvalue weighted by atomic mass is 9.73. The Morgan fingerprint density at radius 3 is 2.30 bits per heavy atom. The Morgan fingerprint density at radius 2 is 1.60 bits per heavy atom. The number of hydrogen-bond acceptors (Lipinski definition) is 5. The molecule has 47 heavy (non-hydrogen) atoms. The van der Waals surface area contributed by atoms with Gasteiger partial charge in [-0.25, -0.2) is 4.79 Å². The van der Waals surface area contributed by atoms with Crippen LogP contribution in [0, 0.1) is 11.8 Å². The number of aromatic carboxylic acids is 1. The van der Waals surface area contributed by atoms with Gasteiger partial charge >= 0.3 is 5.97 Å². The van der Waals surface area contributed by atoms with E-state index in [-0.39, 0.29) is 16.9 Å². The van der Waals surface area contributed by atoms with Crippen molar-refractivity contribution in [2.24, 2.45) is 11.8 Å². The van der Waals surface area contributed by atoms with E-state index in [4.69, 9.17) is 0 Å². The first-order valence-electron chi connectivity index (χ1n) is 16.0. The van der Waals surface area contributed by atoms with Gasteiger partial charge in [-0.1, -0.05) is 84.6 Å². The molecule has 0 radical (unpaired) electrons. The highest BCUT2D eigenvalue weighted by Gasteiger charge is 2.45. The van der Waals surface area contributed by atoms with Gasteiger partial charge in [-0.2, -0.15) is 0 Å². The van der Waals surface area contributed by atoms with Gasteiger partial charge in [0.2, 0.25) is 0 Å². The minimum absolute atomic E-state index is 0.0523. The molecule has 9 rings (SSSR count). The second-order valence-electron chi connectivity index (χ2n) is 12.6. The van der Waals surface area contributed by atoms with Crippen molar-refractivity contribution in [2.75, 3.05) is 13.1 Å². The predicted octanol–water partition coefficient (Wildman–Crippen LogP) is 5.88. The zero-order valence-electron chi connectivity index (χ0n) is 25.8. The fourth-order valence-electron chi connectivity index (χ4n) is 7.76. The molecule has 5 aromatic carbocycles. The highest BCUT2D eigenvalue weighted by atomic mass is 16.4. The molecular formula is C40H36N2O5. The Kier molecular flexibility index (Phi) is 8.10. The van der Waals surface area contributed by atoms with Gasteiger partial charge < -0.3 is 25.3 Å². The predicted molar refractivity (Wildman–Crippen MR) is 183 cm³/mol. The molecular weight excluding hydrogens is 588 g/mol. The number of aromatic hydroxyl groups is 1. The molecule has 4 heterocycles. The molecule has 0 saturated carbocycles. The maximum absolute atomic E-state index is 12.9. The van der Waals surface area contributed by atoms with Crippen molar-refractivity contribution in [3.63, 3.8) is 0 Å². The van der Waals surface area contributed by atoms with Gasteiger partial charge in [0.05, 0.1) is 24.2 Å². The topological polar surface area (TPSA) is 118 Å². The van der Waals surface area contributed by atoms with Gasteiger partial charge in [-0.15, -0.1) is 6.58 Å². The Bertz CT molecular complexity index is 2140. The van der Waals surface area contributed by atoms with Crippen molar-refractivity contribution in [1.29, 1.82) is 0 Å². The van der Waals surface area contributed by atoms with Gasteiger partial charge in [0, 0.05) is 35.9 Å². The largest absolute Gasteiger partial charge is 0.871 e. The highest BCUT2D eigenvalue weighted by Crippen LogP contribution is 2.45. The third-order valence-corrected chi connectivity index (χ3v) is 10.1. The van der Waals surface area contributed by atoms with E-state index >= 15 is 0 Å². The lowest BCUT2D eigenvalue weighted by Gasteiger charge is -2.47. The Hall–Kier alpha value is -5.24. The molecule has 236 valence electrons. The van der Waals surface area contributed by atoms with E-state index in [0.29, 0.717) is 39.6 Å². The lowest BCUT2D eigenvalue weighted by molar-refractivity contribution is -0.949. The van der Waals surface area contributed by atoms with Crippen LogP contribution >= 0.6 is 0 Å². The Labute approximate surface area is 272 Å². The van der Waals surface area contributed by atoms with E-state index in [1.165, 1.54) is 25.1 Å². The van der Waals surface area contributed by atoms with Crippen molar-refractivity contribution >= 4 is 38.4 Å². The molecule has 2 bridgehead atoms. The number of phenols is 1. The minimum atomic E-state index is -1.28. The number of phenolic OH excluding ortho intramolecular Hbond substituents is 1. The van der Waals surface area contributed by atoms with Crippen LogP contribution in [-0.4, -0.2) is 45.4 Å². The summed E-state index contributed by atoms with van der Waals surface area (Å²) in [5.74, 6) is -0.609. The molecule has 7 nitrogen and oxygen atoms in total. The molecule has 7 heteroatoms. The molecule has 4 N–H and O–H groups in total. The van der Waals surface area contributed by atoms with Gasteiger partial charge in [-0.05, 0) is 62.9 Å². The summed E-state index contributed by atoms with van der Waals surface area (Å²) in [6, 6.07) is 29.5. The molecule has 3 saturated heterocycles. The molecule has 6 aromatic rings. The molecule has 3 aliphatic rings. The standard InChI is InChI=1S/C21H14O4.C19H22N2O/c22-17-10-9-12-5-1-3-7-14(12)18(17)19-15-8-4-2-6-13(15)11-16(20(19)23)21(24)25;1-2-13-12-21-10-8-14(13)11-18(21)19(22)16-7-9-20-17-6-4-3-5-15(16)17/h1-11,22-23H,(H,24,25);2-7,9,13-14,18-19,22H,1,8,10-12H2/t;13-,14-,18-,19+/m.0/s1. The number of benzene rings is 5. The number of nitrogens with zero attached hydrogens (tertiary/aromatic N) is 1. The summed E-state index contributed by atoms with van der Waals surface area (Å²) in [4.78, 5) is 17.5. The van der Waals surface area contributed by atoms with Crippen LogP contribution in [-0.2, 0) is 0 Å². The summed E-state index contributed by atoms with van der Waals surface area (Å²) in [6.07, 6.45) is 5.90. The number of fused-ring (bicyclic) bond motifs is 6. The number of aliphatic hydroxyl groups excluding tert-OH is 1. The van der Waals surface area contributed by atoms with E-state index in [2.05, 4.69) is 23.7 Å². The lowest BCUT2D eigenvalue weighted by Crippen LogP contribution is -3.20. The van der Waals surface area contributed by atoms with Crippen LogP contribution in [0.3, 0.4) is 0 Å². The van der Waals surface area contributed by atoms with Crippen molar-refractivity contribution in [2.45, 2.75) is 25.0 Å². The quantitative estimate of drug-likeness (QED) is 0.178. The highest BCUT2D eigenvalue weighted by molar-refractivity contribution is 6.12. The fourth-order valence-corrected chi connectivity index (χ4v) is 7.76. The normalized spacial score (nSPS) is 20.9. The first kappa shape index (κ1) is 30.4. The van der Waals surface area contributed by atoms with Gasteiger partial charge in [0.25, 0.3) is 0 Å². The number of para-hydroxylation sites is 1. The number of quaternary nitrogens is 1. The number of hydrogen-bond donors (Lipinski definition) is 4. The van der Waals surface area contributed by atoms with Crippen molar-refractivity contribution in [3.8, 4) is 22.6 Å². The van der Waals surface area contributed by atoms with Crippen LogP contribution in [0.15, 0.2) is 116 Å². The van der Waals surface area contributed by atoms with E-state index in [0.717, 1.165) is 34.8 Å². The second kappa shape index (κ2) is 12.5. The number of aliphatic hydroxyl groups is 1. The van der Waals surface area contributed by atoms with Crippen LogP contribution in [0.25, 0.3) is 43.6 Å². The number of pyridine rings is 1. The number of carboxylic acids is 1. The zero-order chi connectivity index (χ0) is 32.7. The smallest absolute Gasteiger partial charge is 0.335 e. The minimum Gasteiger partial charge on any atom is -0.871 e. The van der Waals surface area contributed by atoms with Crippen LogP contribution in [0.4, 0.5) is 0 Å². The van der Waals surface area contributed by atoms with Crippen LogP contribution in [0.2, 0.25) is 0 Å². The fraction of sp³-hybridized carbons (Fsp3) is 0.200. The monoisotopic (exact) mass is 624 g/mol. The molecule has 0 spiro atoms. The van der Waals surface area contributed by atoms with Gasteiger partial charge in [0.1, 0.15) is 17.9 Å². The third-order valence-electron chi connectivity index (χ3n) is 10.1. The second-order valence-corrected chi connectivity index (χ2v) is 12.6. The summed E-state index contributed by atoms with van der Waals surface area (Å²) in [5, 5.41) is 47.8. The van der Waals surface area contributed by atoms with E-state index in [1.54, 1.807) is 35.2 Å². The SMILES string of the molecule is C=C[C@H]1C[NH+]2CC[C@H]1C[C@H]2[C@H](O)c1ccnc2ccccc12.O=C(O)c1cc2ccccc2c(-c2c(O)ccc3ccccc23)c1[O-]. The Morgan fingerprint density at radius 1 is 0.915 bits per heavy atom. The summed E-state index contributed by atoms with van der Waals surface area (Å²) in [7, 11) is 0. The number of carbonyl (C=O) groups is 1. The summed E-state index contributed by atoms with van der Waals surface area (Å²) in [5.41, 5.74) is 2.27.